The lowest BCUT2D eigenvalue weighted by Gasteiger charge is -2.12. The van der Waals surface area contributed by atoms with Crippen molar-refractivity contribution in [3.63, 3.8) is 0 Å². The number of hydrogen-bond donors (Lipinski definition) is 3. The Morgan fingerprint density at radius 1 is 0.750 bits per heavy atom. The minimum atomic E-state index is 0.654. The number of benzene rings is 2. The van der Waals surface area contributed by atoms with Crippen LogP contribution in [0.1, 0.15) is 11.3 Å². The smallest absolute Gasteiger partial charge is 0.156 e. The highest BCUT2D eigenvalue weighted by Crippen LogP contribution is 2.24. The number of hydrogen-bond acceptors (Lipinski definition) is 6. The molecule has 4 rings (SSSR count). The van der Waals surface area contributed by atoms with Crippen molar-refractivity contribution < 1.29 is 0 Å². The Hall–Kier alpha value is -3.67. The van der Waals surface area contributed by atoms with Gasteiger partial charge in [-0.25, -0.2) is 4.98 Å². The van der Waals surface area contributed by atoms with Crippen molar-refractivity contribution in [2.45, 2.75) is 6.42 Å². The molecule has 4 N–H and O–H groups in total. The molecule has 0 unspecified atom stereocenters. The van der Waals surface area contributed by atoms with Crippen LogP contribution < -0.4 is 16.4 Å². The van der Waals surface area contributed by atoms with E-state index in [1.54, 1.807) is 6.20 Å². The third-order valence-electron chi connectivity index (χ3n) is 4.49. The Morgan fingerprint density at radius 3 is 2.29 bits per heavy atom. The molecule has 0 bridgehead atoms. The number of aromatic nitrogens is 3. The molecule has 0 aliphatic carbocycles. The molecule has 2 aromatic heterocycles. The van der Waals surface area contributed by atoms with Crippen LogP contribution in [0.5, 0.6) is 0 Å². The van der Waals surface area contributed by atoms with Crippen LogP contribution in [0.4, 0.5) is 17.3 Å². The van der Waals surface area contributed by atoms with Crippen molar-refractivity contribution in [1.82, 2.24) is 15.2 Å². The first-order valence-corrected chi connectivity index (χ1v) is 9.27. The quantitative estimate of drug-likeness (QED) is 0.430. The highest BCUT2D eigenvalue weighted by Gasteiger charge is 2.09. The lowest BCUT2D eigenvalue weighted by Crippen LogP contribution is -2.15. The fourth-order valence-electron chi connectivity index (χ4n) is 3.09. The largest absolute Gasteiger partial charge is 0.397 e. The first kappa shape index (κ1) is 17.7. The van der Waals surface area contributed by atoms with E-state index in [-0.39, 0.29) is 0 Å². The Kier molecular flexibility index (Phi) is 5.29. The Balaban J connectivity index is 1.46. The van der Waals surface area contributed by atoms with E-state index < -0.39 is 0 Å². The zero-order chi connectivity index (χ0) is 19.2. The number of nitrogen functional groups attached to an aromatic ring is 1. The molecule has 0 saturated carbocycles. The number of pyridine rings is 1. The fraction of sp³-hybridized carbons (Fsp3) is 0.136. The van der Waals surface area contributed by atoms with Gasteiger partial charge in [0.1, 0.15) is 5.82 Å². The lowest BCUT2D eigenvalue weighted by molar-refractivity contribution is 0.945. The van der Waals surface area contributed by atoms with Crippen molar-refractivity contribution in [3.05, 3.63) is 84.2 Å². The number of rotatable bonds is 7. The maximum Gasteiger partial charge on any atom is 0.156 e. The van der Waals surface area contributed by atoms with Gasteiger partial charge in [0.25, 0.3) is 0 Å². The summed E-state index contributed by atoms with van der Waals surface area (Å²) in [6.45, 7) is 1.40. The van der Waals surface area contributed by atoms with E-state index >= 15 is 0 Å². The zero-order valence-electron chi connectivity index (χ0n) is 15.5. The first-order chi connectivity index (χ1) is 13.8. The second-order valence-electron chi connectivity index (χ2n) is 6.53. The van der Waals surface area contributed by atoms with Gasteiger partial charge >= 0.3 is 0 Å². The average Bonchev–Trinajstić information content (AvgIpc) is 2.74. The van der Waals surface area contributed by atoms with Crippen molar-refractivity contribution in [3.8, 4) is 0 Å². The monoisotopic (exact) mass is 370 g/mol. The Labute approximate surface area is 163 Å². The van der Waals surface area contributed by atoms with Gasteiger partial charge in [0.2, 0.25) is 0 Å². The van der Waals surface area contributed by atoms with E-state index in [1.807, 2.05) is 42.5 Å². The third kappa shape index (κ3) is 4.17. The predicted octanol–water partition coefficient (Wildman–Crippen LogP) is 3.72. The molecule has 0 aliphatic rings. The molecule has 0 atom stereocenters. The molecule has 140 valence electrons. The normalized spacial score (nSPS) is 10.7. The molecular weight excluding hydrogens is 348 g/mol. The second kappa shape index (κ2) is 8.35. The predicted molar refractivity (Wildman–Crippen MR) is 114 cm³/mol. The lowest BCUT2D eigenvalue weighted by atomic mass is 10.0. The SMILES string of the molecule is Nc1ccc(NCCNc2nnc(Cc3ccccc3)c3ccccc23)nc1. The van der Waals surface area contributed by atoms with Crippen LogP contribution >= 0.6 is 0 Å². The Bertz CT molecular complexity index is 1050. The summed E-state index contributed by atoms with van der Waals surface area (Å²) < 4.78 is 0. The molecule has 0 aliphatic heterocycles. The maximum absolute atomic E-state index is 5.65. The van der Waals surface area contributed by atoms with Gasteiger partial charge in [0.15, 0.2) is 5.82 Å². The van der Waals surface area contributed by atoms with Gasteiger partial charge in [-0.1, -0.05) is 54.6 Å². The molecule has 0 saturated heterocycles. The fourth-order valence-corrected chi connectivity index (χ4v) is 3.09. The minimum Gasteiger partial charge on any atom is -0.397 e. The number of nitrogens with zero attached hydrogens (tertiary/aromatic N) is 3. The van der Waals surface area contributed by atoms with Crippen LogP contribution in [0.15, 0.2) is 72.9 Å². The summed E-state index contributed by atoms with van der Waals surface area (Å²) in [5, 5.41) is 17.8. The number of anilines is 3. The van der Waals surface area contributed by atoms with Gasteiger partial charge in [0, 0.05) is 30.3 Å². The zero-order valence-corrected chi connectivity index (χ0v) is 15.5. The number of fused-ring (bicyclic) bond motifs is 1. The molecular formula is C22H22N6. The molecule has 2 aromatic carbocycles. The van der Waals surface area contributed by atoms with E-state index in [4.69, 9.17) is 5.73 Å². The topological polar surface area (TPSA) is 88.8 Å². The van der Waals surface area contributed by atoms with E-state index in [1.165, 1.54) is 5.56 Å². The van der Waals surface area contributed by atoms with Crippen LogP contribution in [0.2, 0.25) is 0 Å². The van der Waals surface area contributed by atoms with Gasteiger partial charge in [-0.15, -0.1) is 5.10 Å². The average molecular weight is 370 g/mol. The molecule has 6 heteroatoms. The van der Waals surface area contributed by atoms with Gasteiger partial charge < -0.3 is 16.4 Å². The summed E-state index contributed by atoms with van der Waals surface area (Å²) in [4.78, 5) is 4.23. The van der Waals surface area contributed by atoms with Crippen molar-refractivity contribution in [2.24, 2.45) is 0 Å². The molecule has 0 radical (unpaired) electrons. The van der Waals surface area contributed by atoms with Crippen molar-refractivity contribution in [1.29, 1.82) is 0 Å². The van der Waals surface area contributed by atoms with Crippen molar-refractivity contribution in [2.75, 3.05) is 29.5 Å². The molecule has 6 nitrogen and oxygen atoms in total. The van der Waals surface area contributed by atoms with Crippen molar-refractivity contribution >= 4 is 28.1 Å². The van der Waals surface area contributed by atoms with Crippen LogP contribution in [0.3, 0.4) is 0 Å². The molecule has 0 amide bonds. The van der Waals surface area contributed by atoms with Crippen LogP contribution in [0, 0.1) is 0 Å². The first-order valence-electron chi connectivity index (χ1n) is 9.27. The molecule has 28 heavy (non-hydrogen) atoms. The van der Waals surface area contributed by atoms with Gasteiger partial charge in [-0.05, 0) is 17.7 Å². The second-order valence-corrected chi connectivity index (χ2v) is 6.53. The summed E-state index contributed by atoms with van der Waals surface area (Å²) in [6, 6.07) is 22.3. The summed E-state index contributed by atoms with van der Waals surface area (Å²) in [5.41, 5.74) is 8.51. The highest BCUT2D eigenvalue weighted by molar-refractivity contribution is 5.93. The third-order valence-corrected chi connectivity index (χ3v) is 4.49. The van der Waals surface area contributed by atoms with E-state index in [9.17, 15) is 0 Å². The summed E-state index contributed by atoms with van der Waals surface area (Å²) in [6.07, 6.45) is 2.40. The van der Waals surface area contributed by atoms with E-state index in [0.29, 0.717) is 18.8 Å². The van der Waals surface area contributed by atoms with Crippen LogP contribution in [-0.4, -0.2) is 28.3 Å². The Morgan fingerprint density at radius 2 is 1.50 bits per heavy atom. The molecule has 0 spiro atoms. The van der Waals surface area contributed by atoms with Gasteiger partial charge in [-0.2, -0.15) is 5.10 Å². The standard InChI is InChI=1S/C22H22N6/c23-17-10-11-21(26-15-17)24-12-13-25-22-19-9-5-4-8-18(19)20(27-28-22)14-16-6-2-1-3-7-16/h1-11,15H,12-14,23H2,(H,24,26)(H,25,28). The van der Waals surface area contributed by atoms with Gasteiger partial charge in [0.05, 0.1) is 17.6 Å². The van der Waals surface area contributed by atoms with E-state index in [0.717, 1.165) is 34.5 Å². The van der Waals surface area contributed by atoms with E-state index in [2.05, 4.69) is 50.1 Å². The summed E-state index contributed by atoms with van der Waals surface area (Å²) in [5.74, 6) is 1.59. The number of nitrogens with one attached hydrogen (secondary N) is 2. The van der Waals surface area contributed by atoms with Crippen LogP contribution in [-0.2, 0) is 6.42 Å². The summed E-state index contributed by atoms with van der Waals surface area (Å²) >= 11 is 0. The molecule has 2 heterocycles. The van der Waals surface area contributed by atoms with Gasteiger partial charge in [-0.3, -0.25) is 0 Å². The molecule has 0 fully saturated rings. The summed E-state index contributed by atoms with van der Waals surface area (Å²) in [7, 11) is 0. The minimum absolute atomic E-state index is 0.654. The molecule has 4 aromatic rings. The maximum atomic E-state index is 5.65. The van der Waals surface area contributed by atoms with Crippen LogP contribution in [0.25, 0.3) is 10.8 Å². The highest BCUT2D eigenvalue weighted by atomic mass is 15.2. The number of nitrogens with two attached hydrogens (primary N) is 1.